The van der Waals surface area contributed by atoms with Crippen molar-refractivity contribution in [1.82, 2.24) is 4.98 Å². The van der Waals surface area contributed by atoms with Gasteiger partial charge in [-0.1, -0.05) is 24.6 Å². The van der Waals surface area contributed by atoms with Gasteiger partial charge in [0.25, 0.3) is 0 Å². The minimum absolute atomic E-state index is 0.260. The first-order valence-corrected chi connectivity index (χ1v) is 7.49. The van der Waals surface area contributed by atoms with Gasteiger partial charge < -0.3 is 4.74 Å². The van der Waals surface area contributed by atoms with E-state index < -0.39 is 0 Å². The van der Waals surface area contributed by atoms with Gasteiger partial charge in [0.15, 0.2) is 0 Å². The molecule has 3 rings (SSSR count). The summed E-state index contributed by atoms with van der Waals surface area (Å²) in [6.07, 6.45) is 0.892. The summed E-state index contributed by atoms with van der Waals surface area (Å²) in [5, 5.41) is 1.43. The van der Waals surface area contributed by atoms with Crippen molar-refractivity contribution < 1.29 is 9.13 Å². The molecule has 1 aromatic heterocycles. The molecule has 0 unspecified atom stereocenters. The minimum atomic E-state index is -0.362. The van der Waals surface area contributed by atoms with Crippen LogP contribution in [0.1, 0.15) is 18.2 Å². The molecule has 0 aliphatic rings. The maximum Gasteiger partial charge on any atom is 0.125 e. The summed E-state index contributed by atoms with van der Waals surface area (Å²) in [6.45, 7) is 2.33. The molecule has 0 saturated heterocycles. The second kappa shape index (κ2) is 6.32. The van der Waals surface area contributed by atoms with Crippen molar-refractivity contribution in [1.29, 1.82) is 0 Å². The predicted octanol–water partition coefficient (Wildman–Crippen LogP) is 5.17. The van der Waals surface area contributed by atoms with E-state index in [1.54, 1.807) is 6.07 Å². The van der Waals surface area contributed by atoms with Gasteiger partial charge >= 0.3 is 0 Å². The van der Waals surface area contributed by atoms with Crippen molar-refractivity contribution in [3.05, 3.63) is 70.6 Å². The van der Waals surface area contributed by atoms with E-state index in [0.717, 1.165) is 23.0 Å². The number of halogens is 2. The predicted molar refractivity (Wildman–Crippen MR) is 86.9 cm³/mol. The minimum Gasteiger partial charge on any atom is -0.489 e. The van der Waals surface area contributed by atoms with Gasteiger partial charge in [0, 0.05) is 22.2 Å². The van der Waals surface area contributed by atoms with Crippen molar-refractivity contribution in [3.63, 3.8) is 0 Å². The summed E-state index contributed by atoms with van der Waals surface area (Å²) in [6, 6.07) is 14.2. The van der Waals surface area contributed by atoms with Gasteiger partial charge in [0.05, 0.1) is 5.52 Å². The molecule has 0 N–H and O–H groups in total. The van der Waals surface area contributed by atoms with E-state index in [2.05, 4.69) is 18.0 Å². The molecule has 3 aromatic rings. The van der Waals surface area contributed by atoms with Crippen molar-refractivity contribution in [2.45, 2.75) is 20.0 Å². The summed E-state index contributed by atoms with van der Waals surface area (Å²) < 4.78 is 19.0. The fourth-order valence-corrected chi connectivity index (χ4v) is 2.53. The number of aromatic nitrogens is 1. The number of aryl methyl sites for hydroxylation is 1. The Labute approximate surface area is 133 Å². The number of hydrogen-bond acceptors (Lipinski definition) is 2. The molecule has 0 aliphatic carbocycles. The molecule has 4 heteroatoms. The Balaban J connectivity index is 1.81. The Morgan fingerprint density at radius 3 is 2.68 bits per heavy atom. The summed E-state index contributed by atoms with van der Waals surface area (Å²) in [7, 11) is 0. The average Bonchev–Trinajstić information content (AvgIpc) is 2.51. The first kappa shape index (κ1) is 14.8. The average molecular weight is 316 g/mol. The largest absolute Gasteiger partial charge is 0.489 e. The van der Waals surface area contributed by atoms with Crippen molar-refractivity contribution in [2.24, 2.45) is 0 Å². The molecule has 0 spiro atoms. The molecule has 1 heterocycles. The number of hydrogen-bond donors (Lipinski definition) is 0. The Morgan fingerprint density at radius 2 is 1.91 bits per heavy atom. The lowest BCUT2D eigenvalue weighted by atomic mass is 10.2. The molecular weight excluding hydrogens is 301 g/mol. The van der Waals surface area contributed by atoms with E-state index in [0.29, 0.717) is 16.3 Å². The lowest BCUT2D eigenvalue weighted by Crippen LogP contribution is -1.97. The maximum atomic E-state index is 13.3. The third-order valence-electron chi connectivity index (χ3n) is 3.41. The van der Waals surface area contributed by atoms with Crippen LogP contribution in [0.4, 0.5) is 4.39 Å². The van der Waals surface area contributed by atoms with Crippen molar-refractivity contribution >= 4 is 22.5 Å². The molecule has 0 atom stereocenters. The molecule has 0 saturated carbocycles. The van der Waals surface area contributed by atoms with Gasteiger partial charge in [0.2, 0.25) is 0 Å². The van der Waals surface area contributed by atoms with Crippen LogP contribution in [-0.4, -0.2) is 4.98 Å². The molecule has 0 radical (unpaired) electrons. The molecular formula is C18H15ClFNO. The van der Waals surface area contributed by atoms with Crippen LogP contribution < -0.4 is 4.74 Å². The highest BCUT2D eigenvalue weighted by molar-refractivity contribution is 6.30. The van der Waals surface area contributed by atoms with E-state index >= 15 is 0 Å². The van der Waals surface area contributed by atoms with E-state index in [1.165, 1.54) is 12.1 Å². The highest BCUT2D eigenvalue weighted by atomic mass is 35.5. The Hall–Kier alpha value is -2.13. The van der Waals surface area contributed by atoms with Crippen LogP contribution in [0, 0.1) is 5.82 Å². The van der Waals surface area contributed by atoms with Crippen LogP contribution in [-0.2, 0) is 13.0 Å². The molecule has 2 aromatic carbocycles. The number of nitrogens with zero attached hydrogens (tertiary/aromatic N) is 1. The fraction of sp³-hybridized carbons (Fsp3) is 0.167. The molecule has 0 amide bonds. The van der Waals surface area contributed by atoms with Crippen LogP contribution in [0.25, 0.3) is 10.9 Å². The molecule has 112 valence electrons. The SMILES string of the molecule is CCc1ccc2ccc(OCc3cc(F)cc(Cl)c3)cc2n1. The van der Waals surface area contributed by atoms with Crippen LogP contribution >= 0.6 is 11.6 Å². The van der Waals surface area contributed by atoms with E-state index in [9.17, 15) is 4.39 Å². The Morgan fingerprint density at radius 1 is 1.09 bits per heavy atom. The highest BCUT2D eigenvalue weighted by Crippen LogP contribution is 2.22. The van der Waals surface area contributed by atoms with E-state index in [-0.39, 0.29) is 12.4 Å². The van der Waals surface area contributed by atoms with Gasteiger partial charge in [-0.3, -0.25) is 4.98 Å². The normalized spacial score (nSPS) is 10.9. The fourth-order valence-electron chi connectivity index (χ4n) is 2.29. The standard InChI is InChI=1S/C18H15ClFNO/c1-2-16-5-3-13-4-6-17(10-18(13)21-16)22-11-12-7-14(19)9-15(20)8-12/h3-10H,2,11H2,1H3. The van der Waals surface area contributed by atoms with Crippen molar-refractivity contribution in [2.75, 3.05) is 0 Å². The second-order valence-corrected chi connectivity index (χ2v) is 5.51. The second-order valence-electron chi connectivity index (χ2n) is 5.08. The number of benzene rings is 2. The van der Waals surface area contributed by atoms with Crippen LogP contribution in [0.2, 0.25) is 5.02 Å². The van der Waals surface area contributed by atoms with Gasteiger partial charge in [-0.15, -0.1) is 0 Å². The third kappa shape index (κ3) is 3.37. The topological polar surface area (TPSA) is 22.1 Å². The number of rotatable bonds is 4. The Kier molecular flexibility index (Phi) is 4.25. The van der Waals surface area contributed by atoms with Gasteiger partial charge in [-0.05, 0) is 48.4 Å². The van der Waals surface area contributed by atoms with Gasteiger partial charge in [0.1, 0.15) is 18.2 Å². The molecule has 0 aliphatic heterocycles. The molecule has 0 fully saturated rings. The number of ether oxygens (including phenoxy) is 1. The highest BCUT2D eigenvalue weighted by Gasteiger charge is 2.03. The molecule has 0 bridgehead atoms. The monoisotopic (exact) mass is 315 g/mol. The quantitative estimate of drug-likeness (QED) is 0.662. The summed E-state index contributed by atoms with van der Waals surface area (Å²) in [5.41, 5.74) is 2.64. The number of pyridine rings is 1. The zero-order valence-electron chi connectivity index (χ0n) is 12.1. The van der Waals surface area contributed by atoms with Crippen molar-refractivity contribution in [3.8, 4) is 5.75 Å². The summed E-state index contributed by atoms with van der Waals surface area (Å²) in [4.78, 5) is 4.58. The van der Waals surface area contributed by atoms with E-state index in [4.69, 9.17) is 16.3 Å². The van der Waals surface area contributed by atoms with Gasteiger partial charge in [-0.25, -0.2) is 4.39 Å². The first-order valence-electron chi connectivity index (χ1n) is 7.11. The number of fused-ring (bicyclic) bond motifs is 1. The van der Waals surface area contributed by atoms with Crippen LogP contribution in [0.5, 0.6) is 5.75 Å². The lowest BCUT2D eigenvalue weighted by Gasteiger charge is -2.08. The third-order valence-corrected chi connectivity index (χ3v) is 3.63. The zero-order chi connectivity index (χ0) is 15.5. The first-order chi connectivity index (χ1) is 10.6. The zero-order valence-corrected chi connectivity index (χ0v) is 12.9. The summed E-state index contributed by atoms with van der Waals surface area (Å²) >= 11 is 5.84. The van der Waals surface area contributed by atoms with Gasteiger partial charge in [-0.2, -0.15) is 0 Å². The smallest absolute Gasteiger partial charge is 0.125 e. The maximum absolute atomic E-state index is 13.3. The lowest BCUT2D eigenvalue weighted by molar-refractivity contribution is 0.306. The summed E-state index contributed by atoms with van der Waals surface area (Å²) in [5.74, 6) is 0.340. The molecule has 22 heavy (non-hydrogen) atoms. The molecule has 2 nitrogen and oxygen atoms in total. The Bertz CT molecular complexity index is 799. The van der Waals surface area contributed by atoms with Crippen LogP contribution in [0.3, 0.4) is 0 Å². The van der Waals surface area contributed by atoms with E-state index in [1.807, 2.05) is 24.3 Å². The van der Waals surface area contributed by atoms with Crippen LogP contribution in [0.15, 0.2) is 48.5 Å².